The SMILES string of the molecule is CC(C)OCCCNC(=O)[C@]1(Cc2cc([C@H]3CCOC3)no2)CCCNC1. The van der Waals surface area contributed by atoms with Gasteiger partial charge in [0.1, 0.15) is 5.76 Å². The lowest BCUT2D eigenvalue weighted by molar-refractivity contribution is -0.132. The maximum absolute atomic E-state index is 13.0. The molecule has 3 heterocycles. The van der Waals surface area contributed by atoms with Gasteiger partial charge in [-0.3, -0.25) is 4.79 Å². The third kappa shape index (κ3) is 5.53. The van der Waals surface area contributed by atoms with Crippen LogP contribution in [-0.2, 0) is 20.7 Å². The van der Waals surface area contributed by atoms with Crippen molar-refractivity contribution in [3.05, 3.63) is 17.5 Å². The first-order valence-electron chi connectivity index (χ1n) is 10.2. The van der Waals surface area contributed by atoms with Gasteiger partial charge >= 0.3 is 0 Å². The number of nitrogens with zero attached hydrogens (tertiary/aromatic N) is 1. The van der Waals surface area contributed by atoms with Crippen molar-refractivity contribution in [3.63, 3.8) is 0 Å². The zero-order valence-electron chi connectivity index (χ0n) is 16.6. The summed E-state index contributed by atoms with van der Waals surface area (Å²) >= 11 is 0. The van der Waals surface area contributed by atoms with Crippen LogP contribution in [0, 0.1) is 5.41 Å². The molecule has 1 amide bonds. The molecule has 0 aromatic carbocycles. The molecular formula is C20H33N3O4. The van der Waals surface area contributed by atoms with Gasteiger partial charge in [-0.25, -0.2) is 0 Å². The molecule has 2 atom stereocenters. The van der Waals surface area contributed by atoms with E-state index in [4.69, 9.17) is 14.0 Å². The topological polar surface area (TPSA) is 85.6 Å². The van der Waals surface area contributed by atoms with Crippen molar-refractivity contribution in [3.8, 4) is 0 Å². The second kappa shape index (κ2) is 9.66. The molecule has 152 valence electrons. The highest BCUT2D eigenvalue weighted by molar-refractivity contribution is 5.83. The van der Waals surface area contributed by atoms with E-state index >= 15 is 0 Å². The largest absolute Gasteiger partial charge is 0.381 e. The molecule has 2 aliphatic heterocycles. The molecule has 0 aliphatic carbocycles. The summed E-state index contributed by atoms with van der Waals surface area (Å²) in [6.45, 7) is 8.45. The minimum atomic E-state index is -0.472. The molecule has 27 heavy (non-hydrogen) atoms. The summed E-state index contributed by atoms with van der Waals surface area (Å²) in [6, 6.07) is 2.01. The zero-order chi connectivity index (χ0) is 19.1. The van der Waals surface area contributed by atoms with Gasteiger partial charge in [-0.05, 0) is 46.1 Å². The number of ether oxygens (including phenoxy) is 2. The van der Waals surface area contributed by atoms with Crippen LogP contribution in [0.5, 0.6) is 0 Å². The first kappa shape index (κ1) is 20.3. The molecule has 2 aliphatic rings. The predicted molar refractivity (Wildman–Crippen MR) is 102 cm³/mol. The van der Waals surface area contributed by atoms with Crippen molar-refractivity contribution in [1.29, 1.82) is 0 Å². The third-order valence-electron chi connectivity index (χ3n) is 5.45. The fourth-order valence-corrected chi connectivity index (χ4v) is 3.88. The smallest absolute Gasteiger partial charge is 0.227 e. The monoisotopic (exact) mass is 379 g/mol. The maximum atomic E-state index is 13.0. The average molecular weight is 380 g/mol. The Morgan fingerprint density at radius 3 is 3.11 bits per heavy atom. The predicted octanol–water partition coefficient (Wildman–Crippen LogP) is 2.02. The molecule has 2 saturated heterocycles. The van der Waals surface area contributed by atoms with E-state index in [2.05, 4.69) is 15.8 Å². The van der Waals surface area contributed by atoms with Gasteiger partial charge in [0.15, 0.2) is 0 Å². The number of piperidine rings is 1. The minimum absolute atomic E-state index is 0.0985. The molecule has 0 saturated carbocycles. The normalized spacial score (nSPS) is 25.8. The van der Waals surface area contributed by atoms with Crippen molar-refractivity contribution in [1.82, 2.24) is 15.8 Å². The van der Waals surface area contributed by atoms with Crippen LogP contribution in [0.2, 0.25) is 0 Å². The van der Waals surface area contributed by atoms with Gasteiger partial charge in [0, 0.05) is 44.7 Å². The fraction of sp³-hybridized carbons (Fsp3) is 0.800. The summed E-state index contributed by atoms with van der Waals surface area (Å²) in [4.78, 5) is 13.0. The Labute approximate surface area is 161 Å². The van der Waals surface area contributed by atoms with Gasteiger partial charge < -0.3 is 24.6 Å². The molecular weight excluding hydrogens is 346 g/mol. The van der Waals surface area contributed by atoms with E-state index in [-0.39, 0.29) is 12.0 Å². The lowest BCUT2D eigenvalue weighted by atomic mass is 9.76. The maximum Gasteiger partial charge on any atom is 0.227 e. The number of carbonyl (C=O) groups excluding carboxylic acids is 1. The summed E-state index contributed by atoms with van der Waals surface area (Å²) in [5, 5.41) is 10.7. The van der Waals surface area contributed by atoms with E-state index in [9.17, 15) is 4.79 Å². The first-order chi connectivity index (χ1) is 13.1. The molecule has 0 radical (unpaired) electrons. The Morgan fingerprint density at radius 1 is 1.52 bits per heavy atom. The number of carbonyl (C=O) groups is 1. The second-order valence-corrected chi connectivity index (χ2v) is 8.05. The number of amides is 1. The van der Waals surface area contributed by atoms with Crippen LogP contribution in [-0.4, -0.2) is 56.6 Å². The van der Waals surface area contributed by atoms with E-state index in [1.165, 1.54) is 0 Å². The van der Waals surface area contributed by atoms with Crippen molar-refractivity contribution >= 4 is 5.91 Å². The van der Waals surface area contributed by atoms with Crippen LogP contribution in [0.1, 0.15) is 56.9 Å². The van der Waals surface area contributed by atoms with E-state index in [1.54, 1.807) is 0 Å². The van der Waals surface area contributed by atoms with Crippen LogP contribution in [0.15, 0.2) is 10.6 Å². The molecule has 1 aromatic heterocycles. The average Bonchev–Trinajstić information content (AvgIpc) is 3.33. The molecule has 1 aromatic rings. The Morgan fingerprint density at radius 2 is 2.41 bits per heavy atom. The number of hydrogen-bond donors (Lipinski definition) is 2. The van der Waals surface area contributed by atoms with E-state index < -0.39 is 5.41 Å². The number of hydrogen-bond acceptors (Lipinski definition) is 6. The van der Waals surface area contributed by atoms with Crippen molar-refractivity contribution in [2.24, 2.45) is 5.41 Å². The van der Waals surface area contributed by atoms with Crippen molar-refractivity contribution in [2.75, 3.05) is 39.5 Å². The standard InChI is InChI=1S/C20H33N3O4/c1-15(2)26-9-4-8-22-19(24)20(6-3-7-21-14-20)12-17-11-18(23-27-17)16-5-10-25-13-16/h11,15-16,21H,3-10,12-14H2,1-2H3,(H,22,24)/t16-,20-/m0/s1. The summed E-state index contributed by atoms with van der Waals surface area (Å²) < 4.78 is 16.6. The van der Waals surface area contributed by atoms with Gasteiger partial charge in [0.05, 0.1) is 23.8 Å². The highest BCUT2D eigenvalue weighted by Crippen LogP contribution is 2.33. The molecule has 2 N–H and O–H groups in total. The molecule has 0 bridgehead atoms. The van der Waals surface area contributed by atoms with Crippen LogP contribution in [0.3, 0.4) is 0 Å². The van der Waals surface area contributed by atoms with Gasteiger partial charge in [0.2, 0.25) is 5.91 Å². The second-order valence-electron chi connectivity index (χ2n) is 8.05. The molecule has 3 rings (SSSR count). The summed E-state index contributed by atoms with van der Waals surface area (Å²) in [6.07, 6.45) is 4.45. The molecule has 7 nitrogen and oxygen atoms in total. The Bertz CT molecular complexity index is 590. The molecule has 0 unspecified atom stereocenters. The van der Waals surface area contributed by atoms with E-state index in [1.807, 2.05) is 19.9 Å². The molecule has 7 heteroatoms. The fourth-order valence-electron chi connectivity index (χ4n) is 3.88. The van der Waals surface area contributed by atoms with Crippen LogP contribution >= 0.6 is 0 Å². The quantitative estimate of drug-likeness (QED) is 0.639. The van der Waals surface area contributed by atoms with Gasteiger partial charge in [-0.2, -0.15) is 0 Å². The lowest BCUT2D eigenvalue weighted by Crippen LogP contribution is -2.52. The summed E-state index contributed by atoms with van der Waals surface area (Å²) in [7, 11) is 0. The Balaban J connectivity index is 1.58. The molecule has 0 spiro atoms. The highest BCUT2D eigenvalue weighted by atomic mass is 16.5. The van der Waals surface area contributed by atoms with E-state index in [0.29, 0.717) is 38.6 Å². The Hall–Kier alpha value is -1.44. The number of aromatic nitrogens is 1. The van der Waals surface area contributed by atoms with Gasteiger partial charge in [-0.1, -0.05) is 5.16 Å². The van der Waals surface area contributed by atoms with Gasteiger partial charge in [-0.15, -0.1) is 0 Å². The van der Waals surface area contributed by atoms with Gasteiger partial charge in [0.25, 0.3) is 0 Å². The zero-order valence-corrected chi connectivity index (χ0v) is 16.6. The van der Waals surface area contributed by atoms with Crippen molar-refractivity contribution < 1.29 is 18.8 Å². The van der Waals surface area contributed by atoms with Crippen molar-refractivity contribution in [2.45, 2.75) is 58.0 Å². The summed E-state index contributed by atoms with van der Waals surface area (Å²) in [5.74, 6) is 1.21. The number of nitrogens with one attached hydrogen (secondary N) is 2. The van der Waals surface area contributed by atoms with E-state index in [0.717, 1.165) is 50.3 Å². The lowest BCUT2D eigenvalue weighted by Gasteiger charge is -2.35. The van der Waals surface area contributed by atoms with Crippen LogP contribution in [0.4, 0.5) is 0 Å². The summed E-state index contributed by atoms with van der Waals surface area (Å²) in [5.41, 5.74) is 0.479. The third-order valence-corrected chi connectivity index (χ3v) is 5.45. The van der Waals surface area contributed by atoms with Crippen LogP contribution < -0.4 is 10.6 Å². The first-order valence-corrected chi connectivity index (χ1v) is 10.2. The number of rotatable bonds is 9. The molecule has 2 fully saturated rings. The minimum Gasteiger partial charge on any atom is -0.381 e. The Kier molecular flexibility index (Phi) is 7.26. The van der Waals surface area contributed by atoms with Crippen LogP contribution in [0.25, 0.3) is 0 Å². The highest BCUT2D eigenvalue weighted by Gasteiger charge is 2.40.